The number of aryl methyl sites for hydroxylation is 3. The lowest BCUT2D eigenvalue weighted by molar-refractivity contribution is 0.0872. The lowest BCUT2D eigenvalue weighted by Crippen LogP contribution is -2.42. The second kappa shape index (κ2) is 6.72. The van der Waals surface area contributed by atoms with E-state index in [1.54, 1.807) is 13.8 Å². The molecule has 0 radical (unpaired) electrons. The van der Waals surface area contributed by atoms with Crippen molar-refractivity contribution in [3.05, 3.63) is 46.8 Å². The maximum absolute atomic E-state index is 13.0. The standard InChI is InChI=1S/C18H23N3O3S/c1-12-6-8-15(9-7-12)17(22)16-5-4-10-21(11-16)25(23,24)18-13(2)19-20-14(18)3/h6-9,16H,4-5,10-11H2,1-3H3,(H,19,20). The number of H-pyrrole nitrogens is 1. The van der Waals surface area contributed by atoms with E-state index in [1.807, 2.05) is 31.2 Å². The molecule has 0 aliphatic carbocycles. The minimum atomic E-state index is -3.65. The normalized spacial score (nSPS) is 19.1. The van der Waals surface area contributed by atoms with Crippen molar-refractivity contribution in [3.8, 4) is 0 Å². The first-order valence-corrected chi connectivity index (χ1v) is 9.87. The molecule has 1 saturated heterocycles. The van der Waals surface area contributed by atoms with Crippen LogP contribution < -0.4 is 0 Å². The van der Waals surface area contributed by atoms with E-state index < -0.39 is 10.0 Å². The summed E-state index contributed by atoms with van der Waals surface area (Å²) in [5, 5.41) is 6.71. The van der Waals surface area contributed by atoms with Crippen LogP contribution in [0.3, 0.4) is 0 Å². The minimum absolute atomic E-state index is 0.0144. The summed E-state index contributed by atoms with van der Waals surface area (Å²) < 4.78 is 27.4. The number of Topliss-reactive ketones (excluding diaryl/α,β-unsaturated/α-hetero) is 1. The summed E-state index contributed by atoms with van der Waals surface area (Å²) in [6.07, 6.45) is 1.39. The molecule has 25 heavy (non-hydrogen) atoms. The molecule has 1 atom stereocenters. The van der Waals surface area contributed by atoms with Gasteiger partial charge in [-0.1, -0.05) is 29.8 Å². The zero-order valence-electron chi connectivity index (χ0n) is 14.7. The SMILES string of the molecule is Cc1ccc(C(=O)C2CCCN(S(=O)(=O)c3c(C)n[nH]c3C)C2)cc1. The maximum Gasteiger partial charge on any atom is 0.246 e. The van der Waals surface area contributed by atoms with Crippen LogP contribution in [-0.4, -0.2) is 41.8 Å². The smallest absolute Gasteiger partial charge is 0.246 e. The predicted octanol–water partition coefficient (Wildman–Crippen LogP) is 2.62. The molecule has 6 nitrogen and oxygen atoms in total. The monoisotopic (exact) mass is 361 g/mol. The highest BCUT2D eigenvalue weighted by Crippen LogP contribution is 2.28. The van der Waals surface area contributed by atoms with Gasteiger partial charge in [-0.15, -0.1) is 0 Å². The molecule has 2 heterocycles. The Morgan fingerprint density at radius 2 is 1.88 bits per heavy atom. The van der Waals surface area contributed by atoms with Crippen molar-refractivity contribution in [2.45, 2.75) is 38.5 Å². The molecule has 3 rings (SSSR count). The topological polar surface area (TPSA) is 83.1 Å². The van der Waals surface area contributed by atoms with Crippen LogP contribution in [0.2, 0.25) is 0 Å². The van der Waals surface area contributed by atoms with Gasteiger partial charge in [-0.2, -0.15) is 9.40 Å². The molecule has 1 aliphatic heterocycles. The zero-order chi connectivity index (χ0) is 18.2. The van der Waals surface area contributed by atoms with Gasteiger partial charge < -0.3 is 0 Å². The molecule has 134 valence electrons. The van der Waals surface area contributed by atoms with Crippen LogP contribution >= 0.6 is 0 Å². The highest BCUT2D eigenvalue weighted by Gasteiger charge is 2.35. The molecule has 2 aromatic rings. The number of aromatic nitrogens is 2. The number of aromatic amines is 1. The van der Waals surface area contributed by atoms with Gasteiger partial charge >= 0.3 is 0 Å². The molecule has 0 amide bonds. The van der Waals surface area contributed by atoms with Gasteiger partial charge in [0.15, 0.2) is 5.78 Å². The second-order valence-electron chi connectivity index (χ2n) is 6.70. The fraction of sp³-hybridized carbons (Fsp3) is 0.444. The number of hydrogen-bond donors (Lipinski definition) is 1. The van der Waals surface area contributed by atoms with Crippen molar-refractivity contribution in [2.75, 3.05) is 13.1 Å². The molecule has 1 unspecified atom stereocenters. The summed E-state index contributed by atoms with van der Waals surface area (Å²) in [4.78, 5) is 13.0. The fourth-order valence-electron chi connectivity index (χ4n) is 3.38. The molecule has 7 heteroatoms. The molecule has 1 fully saturated rings. The summed E-state index contributed by atoms with van der Waals surface area (Å²) in [6.45, 7) is 6.00. The summed E-state index contributed by atoms with van der Waals surface area (Å²) >= 11 is 0. The van der Waals surface area contributed by atoms with Gasteiger partial charge in [-0.05, 0) is 33.6 Å². The Bertz CT molecular complexity index is 865. The Morgan fingerprint density at radius 1 is 1.20 bits per heavy atom. The Morgan fingerprint density at radius 3 is 2.48 bits per heavy atom. The molecule has 0 saturated carbocycles. The van der Waals surface area contributed by atoms with E-state index in [1.165, 1.54) is 4.31 Å². The summed E-state index contributed by atoms with van der Waals surface area (Å²) in [5.41, 5.74) is 2.73. The highest BCUT2D eigenvalue weighted by atomic mass is 32.2. The number of rotatable bonds is 4. The number of benzene rings is 1. The Hall–Kier alpha value is -1.99. The third kappa shape index (κ3) is 3.39. The number of carbonyl (C=O) groups is 1. The van der Waals surface area contributed by atoms with Gasteiger partial charge in [-0.25, -0.2) is 8.42 Å². The van der Waals surface area contributed by atoms with E-state index in [4.69, 9.17) is 0 Å². The molecular formula is C18H23N3O3S. The number of carbonyl (C=O) groups excluding carboxylic acids is 1. The first-order valence-electron chi connectivity index (χ1n) is 8.43. The molecule has 0 bridgehead atoms. The second-order valence-corrected chi connectivity index (χ2v) is 8.57. The van der Waals surface area contributed by atoms with Crippen LogP contribution in [0.5, 0.6) is 0 Å². The Labute approximate surface area is 148 Å². The van der Waals surface area contributed by atoms with Crippen molar-refractivity contribution in [1.82, 2.24) is 14.5 Å². The first-order chi connectivity index (χ1) is 11.8. The number of nitrogens with one attached hydrogen (secondary N) is 1. The average Bonchev–Trinajstić information content (AvgIpc) is 2.94. The van der Waals surface area contributed by atoms with E-state index >= 15 is 0 Å². The van der Waals surface area contributed by atoms with E-state index in [-0.39, 0.29) is 23.1 Å². The lowest BCUT2D eigenvalue weighted by atomic mass is 9.91. The highest BCUT2D eigenvalue weighted by molar-refractivity contribution is 7.89. The largest absolute Gasteiger partial charge is 0.294 e. The number of sulfonamides is 1. The third-order valence-electron chi connectivity index (χ3n) is 4.75. The van der Waals surface area contributed by atoms with Crippen molar-refractivity contribution < 1.29 is 13.2 Å². The Kier molecular flexibility index (Phi) is 4.79. The number of nitrogens with zero attached hydrogens (tertiary/aromatic N) is 2. The van der Waals surface area contributed by atoms with E-state index in [0.717, 1.165) is 5.56 Å². The average molecular weight is 361 g/mol. The van der Waals surface area contributed by atoms with Gasteiger partial charge in [0, 0.05) is 24.6 Å². The van der Waals surface area contributed by atoms with E-state index in [0.29, 0.717) is 36.3 Å². The zero-order valence-corrected chi connectivity index (χ0v) is 15.6. The van der Waals surface area contributed by atoms with Crippen LogP contribution in [0.15, 0.2) is 29.2 Å². The minimum Gasteiger partial charge on any atom is -0.294 e. The van der Waals surface area contributed by atoms with E-state index in [9.17, 15) is 13.2 Å². The maximum atomic E-state index is 13.0. The predicted molar refractivity (Wildman–Crippen MR) is 95.1 cm³/mol. The third-order valence-corrected chi connectivity index (χ3v) is 6.88. The molecule has 1 aliphatic rings. The molecule has 0 spiro atoms. The van der Waals surface area contributed by atoms with Crippen molar-refractivity contribution in [3.63, 3.8) is 0 Å². The molecule has 1 N–H and O–H groups in total. The van der Waals surface area contributed by atoms with E-state index in [2.05, 4.69) is 10.2 Å². The van der Waals surface area contributed by atoms with Gasteiger partial charge in [-0.3, -0.25) is 9.89 Å². The summed E-state index contributed by atoms with van der Waals surface area (Å²) in [7, 11) is -3.65. The fourth-order valence-corrected chi connectivity index (χ4v) is 5.23. The lowest BCUT2D eigenvalue weighted by Gasteiger charge is -2.31. The quantitative estimate of drug-likeness (QED) is 0.849. The number of ketones is 1. The van der Waals surface area contributed by atoms with Crippen molar-refractivity contribution in [1.29, 1.82) is 0 Å². The van der Waals surface area contributed by atoms with Crippen LogP contribution in [0, 0.1) is 26.7 Å². The van der Waals surface area contributed by atoms with Gasteiger partial charge in [0.05, 0.1) is 11.4 Å². The molecular weight excluding hydrogens is 338 g/mol. The van der Waals surface area contributed by atoms with Crippen LogP contribution in [0.1, 0.15) is 40.2 Å². The van der Waals surface area contributed by atoms with Crippen molar-refractivity contribution >= 4 is 15.8 Å². The summed E-state index contributed by atoms with van der Waals surface area (Å²) in [6, 6.07) is 7.44. The summed E-state index contributed by atoms with van der Waals surface area (Å²) in [5.74, 6) is -0.292. The van der Waals surface area contributed by atoms with Crippen LogP contribution in [0.25, 0.3) is 0 Å². The number of piperidine rings is 1. The van der Waals surface area contributed by atoms with Gasteiger partial charge in [0.25, 0.3) is 0 Å². The van der Waals surface area contributed by atoms with Crippen LogP contribution in [-0.2, 0) is 10.0 Å². The van der Waals surface area contributed by atoms with Crippen LogP contribution in [0.4, 0.5) is 0 Å². The first kappa shape index (κ1) is 17.8. The number of hydrogen-bond acceptors (Lipinski definition) is 4. The van der Waals surface area contributed by atoms with Gasteiger partial charge in [0.2, 0.25) is 10.0 Å². The Balaban J connectivity index is 1.83. The molecule has 1 aromatic carbocycles. The molecule has 1 aromatic heterocycles. The van der Waals surface area contributed by atoms with Gasteiger partial charge in [0.1, 0.15) is 4.90 Å². The van der Waals surface area contributed by atoms with Crippen molar-refractivity contribution in [2.24, 2.45) is 5.92 Å².